The summed E-state index contributed by atoms with van der Waals surface area (Å²) in [4.78, 5) is 10.5. The molecule has 2 aromatic rings. The fourth-order valence-electron chi connectivity index (χ4n) is 2.30. The zero-order chi connectivity index (χ0) is 12.4. The van der Waals surface area contributed by atoms with Gasteiger partial charge in [0.05, 0.1) is 12.0 Å². The number of anilines is 1. The summed E-state index contributed by atoms with van der Waals surface area (Å²) in [5.41, 5.74) is 0. The van der Waals surface area contributed by atoms with Crippen molar-refractivity contribution in [1.82, 2.24) is 9.97 Å². The quantitative estimate of drug-likeness (QED) is 0.924. The molecule has 2 aromatic heterocycles. The van der Waals surface area contributed by atoms with Gasteiger partial charge in [-0.25, -0.2) is 9.97 Å². The monoisotopic (exact) mass is 263 g/mol. The molecule has 0 amide bonds. The van der Waals surface area contributed by atoms with Gasteiger partial charge in [0.2, 0.25) is 0 Å². The molecule has 1 aliphatic heterocycles. The molecule has 1 N–H and O–H groups in total. The van der Waals surface area contributed by atoms with Crippen LogP contribution in [-0.2, 0) is 4.74 Å². The molecule has 18 heavy (non-hydrogen) atoms. The Bertz CT molecular complexity index is 534. The van der Waals surface area contributed by atoms with Gasteiger partial charge in [0.15, 0.2) is 0 Å². The molecule has 0 aromatic carbocycles. The van der Waals surface area contributed by atoms with Crippen LogP contribution in [0.15, 0.2) is 11.4 Å². The molecule has 1 atom stereocenters. The molecule has 3 heterocycles. The minimum absolute atomic E-state index is 0.350. The summed E-state index contributed by atoms with van der Waals surface area (Å²) in [5.74, 6) is 2.24. The Labute approximate surface area is 110 Å². The summed E-state index contributed by atoms with van der Waals surface area (Å²) >= 11 is 1.67. The van der Waals surface area contributed by atoms with Crippen molar-refractivity contribution < 1.29 is 4.74 Å². The minimum atomic E-state index is 0.350. The van der Waals surface area contributed by atoms with Crippen molar-refractivity contribution in [2.45, 2.75) is 25.7 Å². The highest BCUT2D eigenvalue weighted by Crippen LogP contribution is 2.29. The molecule has 4 nitrogen and oxygen atoms in total. The van der Waals surface area contributed by atoms with E-state index < -0.39 is 0 Å². The topological polar surface area (TPSA) is 47.0 Å². The van der Waals surface area contributed by atoms with Gasteiger partial charge in [-0.15, -0.1) is 11.3 Å². The van der Waals surface area contributed by atoms with Gasteiger partial charge in [-0.1, -0.05) is 0 Å². The molecule has 0 bridgehead atoms. The number of nitrogens with zero attached hydrogens (tertiary/aromatic N) is 2. The lowest BCUT2D eigenvalue weighted by molar-refractivity contribution is 0.0782. The largest absolute Gasteiger partial charge is 0.381 e. The van der Waals surface area contributed by atoms with Crippen LogP contribution < -0.4 is 5.32 Å². The molecule has 1 fully saturated rings. The van der Waals surface area contributed by atoms with Gasteiger partial charge >= 0.3 is 0 Å². The normalized spacial score (nSPS) is 20.2. The van der Waals surface area contributed by atoms with Crippen LogP contribution in [0.25, 0.3) is 10.2 Å². The Hall–Kier alpha value is -1.20. The van der Waals surface area contributed by atoms with Crippen LogP contribution in [-0.4, -0.2) is 29.7 Å². The van der Waals surface area contributed by atoms with E-state index in [1.165, 1.54) is 0 Å². The van der Waals surface area contributed by atoms with Crippen molar-refractivity contribution in [3.63, 3.8) is 0 Å². The first-order chi connectivity index (χ1) is 8.88. The van der Waals surface area contributed by atoms with Gasteiger partial charge in [-0.3, -0.25) is 0 Å². The Morgan fingerprint density at radius 2 is 2.44 bits per heavy atom. The standard InChI is InChI=1S/C13H17N3OS/c1-2-14-12-10-5-7-18-13(10)16-11(15-12)9-4-3-6-17-8-9/h5,7,9H,2-4,6,8H2,1H3,(H,14,15,16). The lowest BCUT2D eigenvalue weighted by Crippen LogP contribution is -2.18. The first kappa shape index (κ1) is 11.9. The number of nitrogens with one attached hydrogen (secondary N) is 1. The maximum Gasteiger partial charge on any atom is 0.138 e. The molecule has 96 valence electrons. The lowest BCUT2D eigenvalue weighted by atomic mass is 10.0. The third-order valence-electron chi connectivity index (χ3n) is 3.21. The van der Waals surface area contributed by atoms with Crippen LogP contribution in [0.1, 0.15) is 31.5 Å². The zero-order valence-corrected chi connectivity index (χ0v) is 11.3. The predicted octanol–water partition coefficient (Wildman–Crippen LogP) is 3.02. The smallest absolute Gasteiger partial charge is 0.138 e. The number of rotatable bonds is 3. The lowest BCUT2D eigenvalue weighted by Gasteiger charge is -2.21. The Balaban J connectivity index is 2.00. The van der Waals surface area contributed by atoms with Crippen LogP contribution >= 0.6 is 11.3 Å². The molecule has 1 unspecified atom stereocenters. The fourth-order valence-corrected chi connectivity index (χ4v) is 3.07. The highest BCUT2D eigenvalue weighted by Gasteiger charge is 2.20. The molecule has 0 radical (unpaired) electrons. The second-order valence-electron chi connectivity index (χ2n) is 4.51. The molecule has 5 heteroatoms. The number of fused-ring (bicyclic) bond motifs is 1. The predicted molar refractivity (Wildman–Crippen MR) is 74.4 cm³/mol. The van der Waals surface area contributed by atoms with E-state index in [9.17, 15) is 0 Å². The number of hydrogen-bond donors (Lipinski definition) is 1. The van der Waals surface area contributed by atoms with Gasteiger partial charge in [0.1, 0.15) is 16.5 Å². The fraction of sp³-hybridized carbons (Fsp3) is 0.538. The van der Waals surface area contributed by atoms with Crippen molar-refractivity contribution in [2.24, 2.45) is 0 Å². The van der Waals surface area contributed by atoms with E-state index in [0.29, 0.717) is 5.92 Å². The van der Waals surface area contributed by atoms with Crippen LogP contribution in [0.2, 0.25) is 0 Å². The van der Waals surface area contributed by atoms with E-state index in [0.717, 1.165) is 54.5 Å². The first-order valence-corrected chi connectivity index (χ1v) is 7.33. The SMILES string of the molecule is CCNc1nc(C2CCCOC2)nc2sccc12. The van der Waals surface area contributed by atoms with Crippen molar-refractivity contribution in [1.29, 1.82) is 0 Å². The molecule has 1 saturated heterocycles. The van der Waals surface area contributed by atoms with Gasteiger partial charge in [-0.05, 0) is 31.2 Å². The molecular formula is C13H17N3OS. The van der Waals surface area contributed by atoms with Crippen LogP contribution in [0, 0.1) is 0 Å². The summed E-state index contributed by atoms with van der Waals surface area (Å²) < 4.78 is 5.53. The number of ether oxygens (including phenoxy) is 1. The van der Waals surface area contributed by atoms with E-state index in [-0.39, 0.29) is 0 Å². The van der Waals surface area contributed by atoms with Crippen molar-refractivity contribution >= 4 is 27.4 Å². The van der Waals surface area contributed by atoms with Gasteiger partial charge in [-0.2, -0.15) is 0 Å². The second kappa shape index (κ2) is 5.20. The van der Waals surface area contributed by atoms with E-state index in [1.807, 2.05) is 0 Å². The Morgan fingerprint density at radius 3 is 3.22 bits per heavy atom. The first-order valence-electron chi connectivity index (χ1n) is 6.45. The maximum atomic E-state index is 5.53. The molecule has 1 aliphatic rings. The van der Waals surface area contributed by atoms with Crippen molar-refractivity contribution in [2.75, 3.05) is 25.1 Å². The Kier molecular flexibility index (Phi) is 3.43. The van der Waals surface area contributed by atoms with Crippen LogP contribution in [0.5, 0.6) is 0 Å². The number of hydrogen-bond acceptors (Lipinski definition) is 5. The zero-order valence-electron chi connectivity index (χ0n) is 10.5. The maximum absolute atomic E-state index is 5.53. The molecule has 0 aliphatic carbocycles. The summed E-state index contributed by atoms with van der Waals surface area (Å²) in [6.07, 6.45) is 2.23. The average Bonchev–Trinajstić information content (AvgIpc) is 2.88. The van der Waals surface area contributed by atoms with Crippen LogP contribution in [0.4, 0.5) is 5.82 Å². The van der Waals surface area contributed by atoms with Gasteiger partial charge in [0.25, 0.3) is 0 Å². The van der Waals surface area contributed by atoms with E-state index >= 15 is 0 Å². The second-order valence-corrected chi connectivity index (χ2v) is 5.41. The summed E-state index contributed by atoms with van der Waals surface area (Å²) in [7, 11) is 0. The molecular weight excluding hydrogens is 246 g/mol. The van der Waals surface area contributed by atoms with E-state index in [4.69, 9.17) is 9.72 Å². The van der Waals surface area contributed by atoms with E-state index in [2.05, 4.69) is 28.7 Å². The van der Waals surface area contributed by atoms with E-state index in [1.54, 1.807) is 11.3 Å². The van der Waals surface area contributed by atoms with Gasteiger partial charge < -0.3 is 10.1 Å². The number of aromatic nitrogens is 2. The van der Waals surface area contributed by atoms with Crippen molar-refractivity contribution in [3.8, 4) is 0 Å². The third kappa shape index (κ3) is 2.20. The number of thiophene rings is 1. The van der Waals surface area contributed by atoms with Crippen LogP contribution in [0.3, 0.4) is 0 Å². The van der Waals surface area contributed by atoms with Gasteiger partial charge in [0, 0.05) is 19.1 Å². The minimum Gasteiger partial charge on any atom is -0.381 e. The molecule has 0 spiro atoms. The van der Waals surface area contributed by atoms with Crippen molar-refractivity contribution in [3.05, 3.63) is 17.3 Å². The molecule has 3 rings (SSSR count). The summed E-state index contributed by atoms with van der Waals surface area (Å²) in [6, 6.07) is 2.08. The third-order valence-corrected chi connectivity index (χ3v) is 4.02. The average molecular weight is 263 g/mol. The Morgan fingerprint density at radius 1 is 1.50 bits per heavy atom. The summed E-state index contributed by atoms with van der Waals surface area (Å²) in [5, 5.41) is 6.53. The summed E-state index contributed by atoms with van der Waals surface area (Å²) in [6.45, 7) is 4.59. The molecule has 0 saturated carbocycles. The highest BCUT2D eigenvalue weighted by molar-refractivity contribution is 7.16. The highest BCUT2D eigenvalue weighted by atomic mass is 32.1.